The first kappa shape index (κ1) is 11.8. The first-order chi connectivity index (χ1) is 8.58. The zero-order chi connectivity index (χ0) is 12.9. The molecule has 0 radical (unpaired) electrons. The highest BCUT2D eigenvalue weighted by molar-refractivity contribution is 9.10. The lowest BCUT2D eigenvalue weighted by Crippen LogP contribution is -2.10. The Bertz CT molecular complexity index is 641. The Morgan fingerprint density at radius 3 is 2.83 bits per heavy atom. The van der Waals surface area contributed by atoms with Gasteiger partial charge in [-0.2, -0.15) is 0 Å². The fourth-order valence-electron chi connectivity index (χ4n) is 2.52. The number of hydrogen-bond donors (Lipinski definition) is 1. The lowest BCUT2D eigenvalue weighted by atomic mass is 10.1. The van der Waals surface area contributed by atoms with Crippen molar-refractivity contribution in [3.63, 3.8) is 0 Å². The van der Waals surface area contributed by atoms with Crippen LogP contribution in [-0.2, 0) is 6.54 Å². The predicted octanol–water partition coefficient (Wildman–Crippen LogP) is 3.82. The largest absolute Gasteiger partial charge is 0.477 e. The first-order valence-corrected chi connectivity index (χ1v) is 6.89. The van der Waals surface area contributed by atoms with E-state index in [0.717, 1.165) is 27.5 Å². The molecule has 0 unspecified atom stereocenters. The fraction of sp³-hybridized carbons (Fsp3) is 0.357. The van der Waals surface area contributed by atoms with Crippen LogP contribution in [0, 0.1) is 12.8 Å². The zero-order valence-electron chi connectivity index (χ0n) is 10.1. The van der Waals surface area contributed by atoms with Gasteiger partial charge in [0.15, 0.2) is 0 Å². The average molecular weight is 308 g/mol. The Kier molecular flexibility index (Phi) is 2.70. The topological polar surface area (TPSA) is 42.2 Å². The van der Waals surface area contributed by atoms with Crippen LogP contribution in [0.1, 0.15) is 28.9 Å². The molecule has 0 spiro atoms. The highest BCUT2D eigenvalue weighted by Crippen LogP contribution is 2.35. The molecule has 1 aliphatic carbocycles. The number of fused-ring (bicyclic) bond motifs is 1. The van der Waals surface area contributed by atoms with Gasteiger partial charge in [-0.1, -0.05) is 22.0 Å². The summed E-state index contributed by atoms with van der Waals surface area (Å²) in [4.78, 5) is 11.5. The number of halogens is 1. The lowest BCUT2D eigenvalue weighted by Gasteiger charge is -2.07. The molecule has 1 N–H and O–H groups in total. The smallest absolute Gasteiger partial charge is 0.352 e. The Morgan fingerprint density at radius 2 is 2.22 bits per heavy atom. The van der Waals surface area contributed by atoms with Crippen LogP contribution >= 0.6 is 15.9 Å². The number of aryl methyl sites for hydroxylation is 1. The molecule has 0 atom stereocenters. The van der Waals surface area contributed by atoms with E-state index in [2.05, 4.69) is 15.9 Å². The summed E-state index contributed by atoms with van der Waals surface area (Å²) in [5.74, 6) is -0.183. The number of aromatic nitrogens is 1. The second-order valence-corrected chi connectivity index (χ2v) is 5.91. The van der Waals surface area contributed by atoms with Crippen molar-refractivity contribution < 1.29 is 9.90 Å². The minimum Gasteiger partial charge on any atom is -0.477 e. The van der Waals surface area contributed by atoms with Crippen LogP contribution in [0.4, 0.5) is 0 Å². The summed E-state index contributed by atoms with van der Waals surface area (Å²) in [5.41, 5.74) is 2.33. The maximum absolute atomic E-state index is 11.5. The third-order valence-electron chi connectivity index (χ3n) is 3.62. The summed E-state index contributed by atoms with van der Waals surface area (Å²) in [6.07, 6.45) is 2.43. The fourth-order valence-corrected chi connectivity index (χ4v) is 2.87. The van der Waals surface area contributed by atoms with Crippen LogP contribution in [0.3, 0.4) is 0 Å². The van der Waals surface area contributed by atoms with E-state index in [0.29, 0.717) is 11.6 Å². The second kappa shape index (κ2) is 4.12. The minimum atomic E-state index is -0.833. The molecule has 0 amide bonds. The van der Waals surface area contributed by atoms with Gasteiger partial charge in [0.25, 0.3) is 0 Å². The lowest BCUT2D eigenvalue weighted by molar-refractivity contribution is 0.0684. The van der Waals surface area contributed by atoms with Crippen LogP contribution < -0.4 is 0 Å². The first-order valence-electron chi connectivity index (χ1n) is 6.09. The predicted molar refractivity (Wildman–Crippen MR) is 74.1 cm³/mol. The van der Waals surface area contributed by atoms with E-state index in [1.54, 1.807) is 0 Å². The van der Waals surface area contributed by atoms with Crippen molar-refractivity contribution >= 4 is 32.8 Å². The molecule has 0 bridgehead atoms. The molecule has 3 rings (SSSR count). The van der Waals surface area contributed by atoms with Gasteiger partial charge in [0.05, 0.1) is 5.52 Å². The number of benzene rings is 1. The average Bonchev–Trinajstić information content (AvgIpc) is 3.06. The Hall–Kier alpha value is -1.29. The van der Waals surface area contributed by atoms with Crippen molar-refractivity contribution in [1.82, 2.24) is 4.57 Å². The molecule has 3 nitrogen and oxygen atoms in total. The molecule has 1 aromatic heterocycles. The summed E-state index contributed by atoms with van der Waals surface area (Å²) >= 11 is 3.46. The van der Waals surface area contributed by atoms with Crippen LogP contribution in [-0.4, -0.2) is 15.6 Å². The van der Waals surface area contributed by atoms with Crippen molar-refractivity contribution in [2.75, 3.05) is 0 Å². The highest BCUT2D eigenvalue weighted by atomic mass is 79.9. The Labute approximate surface area is 114 Å². The van der Waals surface area contributed by atoms with Gasteiger partial charge in [-0.05, 0) is 43.4 Å². The second-order valence-electron chi connectivity index (χ2n) is 4.99. The van der Waals surface area contributed by atoms with Gasteiger partial charge in [0.2, 0.25) is 0 Å². The number of rotatable bonds is 3. The monoisotopic (exact) mass is 307 g/mol. The van der Waals surface area contributed by atoms with Gasteiger partial charge in [0, 0.05) is 16.4 Å². The molecule has 4 heteroatoms. The van der Waals surface area contributed by atoms with Crippen molar-refractivity contribution in [2.24, 2.45) is 5.92 Å². The zero-order valence-corrected chi connectivity index (χ0v) is 11.7. The summed E-state index contributed by atoms with van der Waals surface area (Å²) < 4.78 is 2.96. The number of carbonyl (C=O) groups is 1. The number of hydrogen-bond acceptors (Lipinski definition) is 1. The summed E-state index contributed by atoms with van der Waals surface area (Å²) in [6.45, 7) is 2.71. The third-order valence-corrected chi connectivity index (χ3v) is 4.11. The van der Waals surface area contributed by atoms with Crippen LogP contribution in [0.25, 0.3) is 10.9 Å². The van der Waals surface area contributed by atoms with Crippen LogP contribution in [0.5, 0.6) is 0 Å². The van der Waals surface area contributed by atoms with E-state index in [9.17, 15) is 9.90 Å². The summed E-state index contributed by atoms with van der Waals surface area (Å²) in [5, 5.41) is 10.5. The normalized spacial score (nSPS) is 15.2. The van der Waals surface area contributed by atoms with E-state index >= 15 is 0 Å². The third kappa shape index (κ3) is 1.85. The molecule has 18 heavy (non-hydrogen) atoms. The molecule has 1 aromatic carbocycles. The molecule has 0 aliphatic heterocycles. The number of carboxylic acid groups (broad SMARTS) is 1. The summed E-state index contributed by atoms with van der Waals surface area (Å²) in [6, 6.07) is 5.96. The number of aromatic carboxylic acids is 1. The van der Waals surface area contributed by atoms with E-state index in [-0.39, 0.29) is 0 Å². The van der Waals surface area contributed by atoms with Crippen molar-refractivity contribution in [1.29, 1.82) is 0 Å². The molecular weight excluding hydrogens is 294 g/mol. The highest BCUT2D eigenvalue weighted by Gasteiger charge is 2.26. The molecule has 1 fully saturated rings. The molecule has 1 aliphatic rings. The van der Waals surface area contributed by atoms with Gasteiger partial charge >= 0.3 is 5.97 Å². The molecule has 2 aromatic rings. The van der Waals surface area contributed by atoms with Crippen molar-refractivity contribution in [3.8, 4) is 0 Å². The molecule has 1 heterocycles. The van der Waals surface area contributed by atoms with Gasteiger partial charge in [-0.3, -0.25) is 0 Å². The minimum absolute atomic E-state index is 0.440. The summed E-state index contributed by atoms with van der Waals surface area (Å²) in [7, 11) is 0. The van der Waals surface area contributed by atoms with Gasteiger partial charge < -0.3 is 9.67 Å². The molecule has 0 saturated heterocycles. The van der Waals surface area contributed by atoms with E-state index in [4.69, 9.17) is 0 Å². The van der Waals surface area contributed by atoms with E-state index < -0.39 is 5.97 Å². The van der Waals surface area contributed by atoms with Gasteiger partial charge in [0.1, 0.15) is 5.69 Å². The van der Waals surface area contributed by atoms with E-state index in [1.807, 2.05) is 29.7 Å². The van der Waals surface area contributed by atoms with Crippen molar-refractivity contribution in [3.05, 3.63) is 33.9 Å². The van der Waals surface area contributed by atoms with Crippen LogP contribution in [0.15, 0.2) is 22.7 Å². The molecule has 1 saturated carbocycles. The van der Waals surface area contributed by atoms with Crippen molar-refractivity contribution in [2.45, 2.75) is 26.3 Å². The quantitative estimate of drug-likeness (QED) is 0.936. The van der Waals surface area contributed by atoms with Gasteiger partial charge in [-0.15, -0.1) is 0 Å². The number of carboxylic acids is 1. The van der Waals surface area contributed by atoms with Gasteiger partial charge in [-0.25, -0.2) is 4.79 Å². The SMILES string of the molecule is Cc1c(C(=O)O)n(CC2CC2)c2cc(Br)ccc12. The molecule has 94 valence electrons. The van der Waals surface area contributed by atoms with Crippen LogP contribution in [0.2, 0.25) is 0 Å². The Balaban J connectivity index is 2.28. The maximum atomic E-state index is 11.5. The Morgan fingerprint density at radius 1 is 1.50 bits per heavy atom. The number of nitrogens with zero attached hydrogens (tertiary/aromatic N) is 1. The standard InChI is InChI=1S/C14H14BrNO2/c1-8-11-5-4-10(15)6-12(11)16(7-9-2-3-9)13(8)14(17)18/h4-6,9H,2-3,7H2,1H3,(H,17,18). The maximum Gasteiger partial charge on any atom is 0.352 e. The molecular formula is C14H14BrNO2. The van der Waals surface area contributed by atoms with E-state index in [1.165, 1.54) is 12.8 Å².